The van der Waals surface area contributed by atoms with Crippen molar-refractivity contribution in [2.75, 3.05) is 0 Å². The topological polar surface area (TPSA) is 26.0 Å². The molecule has 1 aliphatic carbocycles. The van der Waals surface area contributed by atoms with E-state index >= 15 is 0 Å². The lowest BCUT2D eigenvalue weighted by Gasteiger charge is -2.39. The van der Waals surface area contributed by atoms with Crippen LogP contribution in [0.25, 0.3) is 0 Å². The van der Waals surface area contributed by atoms with E-state index < -0.39 is 0 Å². The smallest absolute Gasteiger partial charge is 0.0340 e. The van der Waals surface area contributed by atoms with Gasteiger partial charge in [0.25, 0.3) is 0 Å². The summed E-state index contributed by atoms with van der Waals surface area (Å²) < 4.78 is 0. The van der Waals surface area contributed by atoms with Gasteiger partial charge in [-0.1, -0.05) is 53.7 Å². The van der Waals surface area contributed by atoms with Gasteiger partial charge in [0.1, 0.15) is 0 Å². The van der Waals surface area contributed by atoms with Crippen LogP contribution in [0.3, 0.4) is 0 Å². The lowest BCUT2D eigenvalue weighted by molar-refractivity contribution is 0.148. The van der Waals surface area contributed by atoms with E-state index in [-0.39, 0.29) is 5.54 Å². The molecule has 0 atom stereocenters. The Hall–Kier alpha value is -0.300. The van der Waals surface area contributed by atoms with E-state index in [0.29, 0.717) is 16.7 Å². The second-order valence-corrected chi connectivity index (χ2v) is 7.30. The maximum absolute atomic E-state index is 6.09. The van der Waals surface area contributed by atoms with Crippen molar-refractivity contribution in [3.05, 3.63) is 12.2 Å². The zero-order valence-electron chi connectivity index (χ0n) is 11.2. The van der Waals surface area contributed by atoms with E-state index in [1.54, 1.807) is 0 Å². The van der Waals surface area contributed by atoms with Crippen LogP contribution in [0.5, 0.6) is 0 Å². The molecule has 1 fully saturated rings. The molecular weight excluding hydrogens is 182 g/mol. The summed E-state index contributed by atoms with van der Waals surface area (Å²) in [6, 6.07) is 0. The molecule has 1 saturated carbocycles. The van der Waals surface area contributed by atoms with Crippen LogP contribution < -0.4 is 5.73 Å². The van der Waals surface area contributed by atoms with Crippen molar-refractivity contribution in [1.29, 1.82) is 0 Å². The summed E-state index contributed by atoms with van der Waals surface area (Å²) in [6.45, 7) is 13.9. The van der Waals surface area contributed by atoms with Gasteiger partial charge in [-0.3, -0.25) is 0 Å². The summed E-state index contributed by atoms with van der Waals surface area (Å²) in [6.07, 6.45) is 6.91. The second-order valence-electron chi connectivity index (χ2n) is 7.30. The molecule has 0 radical (unpaired) electrons. The highest BCUT2D eigenvalue weighted by Gasteiger charge is 2.37. The third kappa shape index (κ3) is 3.64. The second kappa shape index (κ2) is 3.62. The molecule has 0 amide bonds. The van der Waals surface area contributed by atoms with Gasteiger partial charge in [-0.05, 0) is 29.6 Å². The zero-order valence-corrected chi connectivity index (χ0v) is 11.2. The molecule has 1 rings (SSSR count). The van der Waals surface area contributed by atoms with Crippen LogP contribution in [0, 0.1) is 16.7 Å². The van der Waals surface area contributed by atoms with Gasteiger partial charge in [0.15, 0.2) is 0 Å². The molecule has 0 aromatic heterocycles. The molecule has 1 nitrogen and oxygen atoms in total. The summed E-state index contributed by atoms with van der Waals surface area (Å²) in [5, 5.41) is 0. The molecule has 0 unspecified atom stereocenters. The van der Waals surface area contributed by atoms with Crippen LogP contribution in [-0.4, -0.2) is 5.54 Å². The van der Waals surface area contributed by atoms with Crippen molar-refractivity contribution in [3.63, 3.8) is 0 Å². The van der Waals surface area contributed by atoms with Gasteiger partial charge in [0.05, 0.1) is 0 Å². The lowest BCUT2D eigenvalue weighted by Crippen LogP contribution is -2.31. The van der Waals surface area contributed by atoms with Crippen molar-refractivity contribution in [2.45, 2.75) is 59.9 Å². The number of hydrogen-bond acceptors (Lipinski definition) is 1. The Balaban J connectivity index is 2.79. The van der Waals surface area contributed by atoms with E-state index in [9.17, 15) is 0 Å². The highest BCUT2D eigenvalue weighted by molar-refractivity contribution is 5.17. The molecule has 15 heavy (non-hydrogen) atoms. The lowest BCUT2D eigenvalue weighted by atomic mass is 9.66. The van der Waals surface area contributed by atoms with Crippen LogP contribution in [0.4, 0.5) is 0 Å². The Morgan fingerprint density at radius 3 is 1.67 bits per heavy atom. The van der Waals surface area contributed by atoms with Crippen LogP contribution in [0.1, 0.15) is 54.4 Å². The highest BCUT2D eigenvalue weighted by atomic mass is 14.8. The van der Waals surface area contributed by atoms with E-state index in [4.69, 9.17) is 5.73 Å². The first-order valence-electron chi connectivity index (χ1n) is 6.03. The summed E-state index contributed by atoms with van der Waals surface area (Å²) >= 11 is 0. The monoisotopic (exact) mass is 209 g/mol. The van der Waals surface area contributed by atoms with Crippen LogP contribution in [0.2, 0.25) is 0 Å². The summed E-state index contributed by atoms with van der Waals surface area (Å²) in [4.78, 5) is 0. The first-order valence-corrected chi connectivity index (χ1v) is 6.03. The average Bonchev–Trinajstić information content (AvgIpc) is 2.62. The van der Waals surface area contributed by atoms with Gasteiger partial charge < -0.3 is 5.73 Å². The minimum absolute atomic E-state index is 0.0365. The standard InChI is InChI=1S/C14H27N/c1-12(2,3)11(13(4,5)6)7-8-14(15)9-10-14/h7-8,11H,9-10,15H2,1-6H3/b8-7+. The van der Waals surface area contributed by atoms with Crippen molar-refractivity contribution in [2.24, 2.45) is 22.5 Å². The molecule has 2 N–H and O–H groups in total. The molecule has 0 heterocycles. The SMILES string of the molecule is CC(C)(C)C(/C=C/C1(N)CC1)C(C)(C)C. The molecule has 0 spiro atoms. The first-order chi connectivity index (χ1) is 6.55. The van der Waals surface area contributed by atoms with Gasteiger partial charge in [-0.25, -0.2) is 0 Å². The minimum Gasteiger partial charge on any atom is -0.322 e. The Kier molecular flexibility index (Phi) is 3.08. The largest absolute Gasteiger partial charge is 0.322 e. The normalized spacial score (nSPS) is 21.3. The molecule has 88 valence electrons. The maximum atomic E-state index is 6.09. The molecule has 0 aromatic carbocycles. The molecule has 1 heteroatoms. The Morgan fingerprint density at radius 2 is 1.40 bits per heavy atom. The van der Waals surface area contributed by atoms with Gasteiger partial charge in [-0.15, -0.1) is 0 Å². The first kappa shape index (κ1) is 12.8. The molecule has 0 aliphatic heterocycles. The molecule has 1 aliphatic rings. The number of nitrogens with two attached hydrogens (primary N) is 1. The third-order valence-corrected chi connectivity index (χ3v) is 3.31. The number of hydrogen-bond donors (Lipinski definition) is 1. The van der Waals surface area contributed by atoms with Crippen molar-refractivity contribution in [3.8, 4) is 0 Å². The van der Waals surface area contributed by atoms with Gasteiger partial charge in [0, 0.05) is 5.54 Å². The highest BCUT2D eigenvalue weighted by Crippen LogP contribution is 2.42. The summed E-state index contributed by atoms with van der Waals surface area (Å²) in [5.41, 5.74) is 6.74. The number of allylic oxidation sites excluding steroid dienone is 1. The summed E-state index contributed by atoms with van der Waals surface area (Å²) in [5.74, 6) is 0.575. The predicted octanol–water partition coefficient (Wildman–Crippen LogP) is 3.74. The predicted molar refractivity (Wildman–Crippen MR) is 67.7 cm³/mol. The van der Waals surface area contributed by atoms with E-state index in [0.717, 1.165) is 12.8 Å². The van der Waals surface area contributed by atoms with Crippen molar-refractivity contribution >= 4 is 0 Å². The van der Waals surface area contributed by atoms with Crippen molar-refractivity contribution < 1.29 is 0 Å². The fourth-order valence-corrected chi connectivity index (χ4v) is 2.48. The number of rotatable bonds is 2. The average molecular weight is 209 g/mol. The molecule has 0 saturated heterocycles. The Morgan fingerprint density at radius 1 is 1.00 bits per heavy atom. The quantitative estimate of drug-likeness (QED) is 0.689. The molecular formula is C14H27N. The maximum Gasteiger partial charge on any atom is 0.0340 e. The van der Waals surface area contributed by atoms with Gasteiger partial charge in [0.2, 0.25) is 0 Å². The van der Waals surface area contributed by atoms with Gasteiger partial charge in [-0.2, -0.15) is 0 Å². The van der Waals surface area contributed by atoms with Crippen molar-refractivity contribution in [1.82, 2.24) is 0 Å². The zero-order chi connectivity index (χ0) is 11.9. The Labute approximate surface area is 95.1 Å². The fourth-order valence-electron chi connectivity index (χ4n) is 2.48. The van der Waals surface area contributed by atoms with E-state index in [1.807, 2.05) is 0 Å². The Bertz CT molecular complexity index is 231. The summed E-state index contributed by atoms with van der Waals surface area (Å²) in [7, 11) is 0. The van der Waals surface area contributed by atoms with E-state index in [1.165, 1.54) is 0 Å². The van der Waals surface area contributed by atoms with Crippen LogP contribution in [-0.2, 0) is 0 Å². The molecule has 0 aromatic rings. The minimum atomic E-state index is 0.0365. The molecule has 0 bridgehead atoms. The third-order valence-electron chi connectivity index (χ3n) is 3.31. The van der Waals surface area contributed by atoms with Crippen LogP contribution in [0.15, 0.2) is 12.2 Å². The van der Waals surface area contributed by atoms with Crippen LogP contribution >= 0.6 is 0 Å². The van der Waals surface area contributed by atoms with E-state index in [2.05, 4.69) is 53.7 Å². The van der Waals surface area contributed by atoms with Gasteiger partial charge >= 0.3 is 0 Å². The fraction of sp³-hybridized carbons (Fsp3) is 0.857.